The van der Waals surface area contributed by atoms with Crippen LogP contribution in [0.3, 0.4) is 0 Å². The zero-order chi connectivity index (χ0) is 14.4. The minimum atomic E-state index is -0.525. The summed E-state index contributed by atoms with van der Waals surface area (Å²) in [5.41, 5.74) is 0.0678. The number of benzene rings is 1. The van der Waals surface area contributed by atoms with E-state index in [1.807, 2.05) is 6.92 Å². The highest BCUT2D eigenvalue weighted by Gasteiger charge is 2.17. The van der Waals surface area contributed by atoms with Gasteiger partial charge in [0.1, 0.15) is 5.82 Å². The van der Waals surface area contributed by atoms with Crippen molar-refractivity contribution in [3.05, 3.63) is 35.6 Å². The second-order valence-electron chi connectivity index (χ2n) is 4.49. The van der Waals surface area contributed by atoms with E-state index in [0.29, 0.717) is 6.54 Å². The first-order valence-corrected chi connectivity index (χ1v) is 6.16. The highest BCUT2D eigenvalue weighted by Crippen LogP contribution is 2.08. The zero-order valence-corrected chi connectivity index (χ0v) is 11.5. The second kappa shape index (κ2) is 6.99. The second-order valence-corrected chi connectivity index (χ2v) is 4.49. The molecule has 0 spiro atoms. The predicted molar refractivity (Wildman–Crippen MR) is 71.5 cm³/mol. The number of Topliss-reactive ketones (excluding diaryl/α,β-unsaturated/α-hetero) is 1. The predicted octanol–water partition coefficient (Wildman–Crippen LogP) is 1.42. The van der Waals surface area contributed by atoms with Gasteiger partial charge in [0.15, 0.2) is 5.78 Å². The van der Waals surface area contributed by atoms with E-state index in [9.17, 15) is 14.0 Å². The van der Waals surface area contributed by atoms with Gasteiger partial charge in [-0.3, -0.25) is 14.5 Å². The van der Waals surface area contributed by atoms with Crippen molar-refractivity contribution in [3.8, 4) is 0 Å². The number of ketones is 1. The summed E-state index contributed by atoms with van der Waals surface area (Å²) in [5.74, 6) is -0.919. The summed E-state index contributed by atoms with van der Waals surface area (Å²) in [7, 11) is 3.32. The normalized spacial score (nSPS) is 10.6. The summed E-state index contributed by atoms with van der Waals surface area (Å²) in [6, 6.07) is 5.88. The highest BCUT2D eigenvalue weighted by atomic mass is 19.1. The third-order valence-electron chi connectivity index (χ3n) is 2.85. The molecular formula is C14H19FN2O2. The van der Waals surface area contributed by atoms with Gasteiger partial charge in [-0.2, -0.15) is 0 Å². The molecule has 4 nitrogen and oxygen atoms in total. The van der Waals surface area contributed by atoms with Crippen LogP contribution >= 0.6 is 0 Å². The molecule has 0 atom stereocenters. The molecule has 0 heterocycles. The number of hydrogen-bond donors (Lipinski definition) is 0. The van der Waals surface area contributed by atoms with Crippen molar-refractivity contribution in [2.24, 2.45) is 0 Å². The Morgan fingerprint density at radius 2 is 1.79 bits per heavy atom. The molecule has 0 N–H and O–H groups in total. The Labute approximate surface area is 112 Å². The van der Waals surface area contributed by atoms with Gasteiger partial charge in [0.2, 0.25) is 5.91 Å². The number of amides is 1. The number of hydrogen-bond acceptors (Lipinski definition) is 3. The monoisotopic (exact) mass is 266 g/mol. The van der Waals surface area contributed by atoms with E-state index in [-0.39, 0.29) is 30.3 Å². The molecule has 0 aliphatic heterocycles. The van der Waals surface area contributed by atoms with E-state index in [1.54, 1.807) is 31.1 Å². The van der Waals surface area contributed by atoms with Gasteiger partial charge in [-0.15, -0.1) is 0 Å². The lowest BCUT2D eigenvalue weighted by molar-refractivity contribution is -0.129. The average molecular weight is 266 g/mol. The zero-order valence-electron chi connectivity index (χ0n) is 11.5. The molecule has 5 heteroatoms. The van der Waals surface area contributed by atoms with Gasteiger partial charge >= 0.3 is 0 Å². The van der Waals surface area contributed by atoms with Crippen molar-refractivity contribution in [1.82, 2.24) is 9.80 Å². The Morgan fingerprint density at radius 3 is 2.32 bits per heavy atom. The fourth-order valence-electron chi connectivity index (χ4n) is 1.59. The van der Waals surface area contributed by atoms with Crippen molar-refractivity contribution in [3.63, 3.8) is 0 Å². The molecule has 0 aliphatic rings. The summed E-state index contributed by atoms with van der Waals surface area (Å²) in [5, 5.41) is 0. The van der Waals surface area contributed by atoms with Crippen molar-refractivity contribution >= 4 is 11.7 Å². The first-order valence-electron chi connectivity index (χ1n) is 6.16. The lowest BCUT2D eigenvalue weighted by Gasteiger charge is -2.21. The van der Waals surface area contributed by atoms with Gasteiger partial charge in [-0.25, -0.2) is 4.39 Å². The Morgan fingerprint density at radius 1 is 1.16 bits per heavy atom. The molecule has 0 saturated carbocycles. The van der Waals surface area contributed by atoms with Gasteiger partial charge in [0.25, 0.3) is 0 Å². The summed E-state index contributed by atoms with van der Waals surface area (Å²) in [6.45, 7) is 2.61. The van der Waals surface area contributed by atoms with Gasteiger partial charge < -0.3 is 4.90 Å². The molecule has 1 aromatic rings. The van der Waals surface area contributed by atoms with E-state index in [2.05, 4.69) is 0 Å². The SMILES string of the molecule is CCN(CC(=O)c1ccccc1F)CC(=O)N(C)C. The number of nitrogens with zero attached hydrogens (tertiary/aromatic N) is 2. The molecular weight excluding hydrogens is 247 g/mol. The maximum absolute atomic E-state index is 13.5. The number of carbonyl (C=O) groups is 2. The molecule has 0 bridgehead atoms. The number of carbonyl (C=O) groups excluding carboxylic acids is 2. The Balaban J connectivity index is 2.69. The van der Waals surface area contributed by atoms with Crippen molar-refractivity contribution in [2.75, 3.05) is 33.7 Å². The van der Waals surface area contributed by atoms with Crippen molar-refractivity contribution < 1.29 is 14.0 Å². The number of rotatable bonds is 6. The first kappa shape index (κ1) is 15.3. The maximum Gasteiger partial charge on any atom is 0.236 e. The maximum atomic E-state index is 13.5. The van der Waals surface area contributed by atoms with Crippen LogP contribution in [0.1, 0.15) is 17.3 Å². The molecule has 0 aliphatic carbocycles. The van der Waals surface area contributed by atoms with Gasteiger partial charge in [-0.1, -0.05) is 19.1 Å². The minimum Gasteiger partial charge on any atom is -0.348 e. The molecule has 1 rings (SSSR count). The van der Waals surface area contributed by atoms with Gasteiger partial charge in [-0.05, 0) is 18.7 Å². The molecule has 0 fully saturated rings. The topological polar surface area (TPSA) is 40.6 Å². The van der Waals surface area contributed by atoms with Crippen LogP contribution in [0.5, 0.6) is 0 Å². The van der Waals surface area contributed by atoms with Gasteiger partial charge in [0.05, 0.1) is 18.7 Å². The molecule has 1 aromatic carbocycles. The number of halogens is 1. The summed E-state index contributed by atoms with van der Waals surface area (Å²) < 4.78 is 13.5. The third-order valence-corrected chi connectivity index (χ3v) is 2.85. The van der Waals surface area contributed by atoms with E-state index in [4.69, 9.17) is 0 Å². The van der Waals surface area contributed by atoms with Crippen LogP contribution in [0.4, 0.5) is 4.39 Å². The molecule has 0 unspecified atom stereocenters. The molecule has 19 heavy (non-hydrogen) atoms. The standard InChI is InChI=1S/C14H19FN2O2/c1-4-17(10-14(19)16(2)3)9-13(18)11-7-5-6-8-12(11)15/h5-8H,4,9-10H2,1-3H3. The van der Waals surface area contributed by atoms with Crippen molar-refractivity contribution in [1.29, 1.82) is 0 Å². The van der Waals surface area contributed by atoms with Crippen LogP contribution in [0, 0.1) is 5.82 Å². The highest BCUT2D eigenvalue weighted by molar-refractivity contribution is 5.98. The van der Waals surface area contributed by atoms with Crippen LogP contribution in [-0.4, -0.2) is 55.2 Å². The Kier molecular flexibility index (Phi) is 5.63. The molecule has 1 amide bonds. The molecule has 0 radical (unpaired) electrons. The van der Waals surface area contributed by atoms with Crippen LogP contribution < -0.4 is 0 Å². The van der Waals surface area contributed by atoms with Crippen LogP contribution in [-0.2, 0) is 4.79 Å². The van der Waals surface area contributed by atoms with E-state index >= 15 is 0 Å². The summed E-state index contributed by atoms with van der Waals surface area (Å²) >= 11 is 0. The average Bonchev–Trinajstić information content (AvgIpc) is 2.37. The largest absolute Gasteiger partial charge is 0.348 e. The lowest BCUT2D eigenvalue weighted by Crippen LogP contribution is -2.39. The van der Waals surface area contributed by atoms with Crippen LogP contribution in [0.25, 0.3) is 0 Å². The van der Waals surface area contributed by atoms with Crippen LogP contribution in [0.15, 0.2) is 24.3 Å². The summed E-state index contributed by atoms with van der Waals surface area (Å²) in [4.78, 5) is 26.7. The molecule has 0 saturated heterocycles. The minimum absolute atomic E-state index is 0.0387. The fraction of sp³-hybridized carbons (Fsp3) is 0.429. The van der Waals surface area contributed by atoms with Gasteiger partial charge in [0, 0.05) is 14.1 Å². The van der Waals surface area contributed by atoms with Crippen molar-refractivity contribution in [2.45, 2.75) is 6.92 Å². The first-order chi connectivity index (χ1) is 8.95. The van der Waals surface area contributed by atoms with E-state index in [1.165, 1.54) is 17.0 Å². The number of likely N-dealkylation sites (N-methyl/N-ethyl adjacent to an activating group) is 2. The van der Waals surface area contributed by atoms with Crippen LogP contribution in [0.2, 0.25) is 0 Å². The smallest absolute Gasteiger partial charge is 0.236 e. The quantitative estimate of drug-likeness (QED) is 0.731. The fourth-order valence-corrected chi connectivity index (χ4v) is 1.59. The van der Waals surface area contributed by atoms with E-state index in [0.717, 1.165) is 0 Å². The lowest BCUT2D eigenvalue weighted by atomic mass is 10.1. The molecule has 0 aromatic heterocycles. The Bertz CT molecular complexity index is 461. The van der Waals surface area contributed by atoms with E-state index < -0.39 is 5.82 Å². The third kappa shape index (κ3) is 4.44. The Hall–Kier alpha value is -1.75. The molecule has 104 valence electrons. The summed E-state index contributed by atoms with van der Waals surface area (Å²) in [6.07, 6.45) is 0.